The zero-order valence-electron chi connectivity index (χ0n) is 22.5. The number of morpholine rings is 1. The summed E-state index contributed by atoms with van der Waals surface area (Å²) in [5.41, 5.74) is 0.486. The highest BCUT2D eigenvalue weighted by Gasteiger charge is 2.62. The van der Waals surface area contributed by atoms with Gasteiger partial charge >= 0.3 is 0 Å². The van der Waals surface area contributed by atoms with Gasteiger partial charge in [-0.1, -0.05) is 68.2 Å². The van der Waals surface area contributed by atoms with Gasteiger partial charge in [-0.25, -0.2) is 4.39 Å². The third-order valence-corrected chi connectivity index (χ3v) is 8.51. The highest BCUT2D eigenvalue weighted by Crippen LogP contribution is 2.61. The second-order valence-electron chi connectivity index (χ2n) is 11.8. The molecule has 9 heteroatoms. The minimum Gasteiger partial charge on any atom is -0.379 e. The Morgan fingerprint density at radius 3 is 2.67 bits per heavy atom. The topological polar surface area (TPSA) is 70.7 Å². The molecule has 39 heavy (non-hydrogen) atoms. The number of carbonyl (C=O) groups is 2. The molecule has 0 aromatic heterocycles. The minimum atomic E-state index is -1.24. The van der Waals surface area contributed by atoms with E-state index >= 15 is 4.39 Å². The van der Waals surface area contributed by atoms with Crippen LogP contribution in [0.5, 0.6) is 0 Å². The van der Waals surface area contributed by atoms with Crippen molar-refractivity contribution in [3.05, 3.63) is 75.0 Å². The molecule has 2 aromatic carbocycles. The van der Waals surface area contributed by atoms with Crippen LogP contribution in [0.1, 0.15) is 44.2 Å². The van der Waals surface area contributed by atoms with Crippen molar-refractivity contribution < 1.29 is 18.7 Å². The molecular formula is C30H34Cl2FN3O3. The predicted molar refractivity (Wildman–Crippen MR) is 152 cm³/mol. The maximum absolute atomic E-state index is 15.8. The standard InChI is InChI=1S/C30H34Cl2FN3O3/c1-29(2,3)17-18-15-21(27(37)34-9-10-36-11-13-39-14-12-36)25(20-5-4-6-23(32)26(20)33)30(18)22-8-7-19(31)16-24(22)35-28(30)38/h4-8,15-16,18,25H,9-14,17H2,1-3H3,(H,34,37)(H,35,38)/t18-,25+,30?/m0/s1. The van der Waals surface area contributed by atoms with Crippen molar-refractivity contribution in [1.29, 1.82) is 0 Å². The zero-order chi connectivity index (χ0) is 27.9. The van der Waals surface area contributed by atoms with Gasteiger partial charge in [0.1, 0.15) is 5.82 Å². The van der Waals surface area contributed by atoms with Gasteiger partial charge in [0.15, 0.2) is 0 Å². The molecule has 1 unspecified atom stereocenters. The number of allylic oxidation sites excluding steroid dienone is 1. The molecule has 3 atom stereocenters. The number of halogens is 3. The normalized spacial score (nSPS) is 25.0. The first kappa shape index (κ1) is 28.1. The van der Waals surface area contributed by atoms with Crippen LogP contribution in [0.2, 0.25) is 10.0 Å². The number of nitrogens with zero attached hydrogens (tertiary/aromatic N) is 1. The Morgan fingerprint density at radius 1 is 1.21 bits per heavy atom. The number of amides is 2. The fourth-order valence-electron chi connectivity index (χ4n) is 6.38. The van der Waals surface area contributed by atoms with Crippen LogP contribution in [0, 0.1) is 17.2 Å². The molecule has 1 spiro atoms. The van der Waals surface area contributed by atoms with Gasteiger partial charge in [0.2, 0.25) is 11.8 Å². The van der Waals surface area contributed by atoms with E-state index in [1.54, 1.807) is 24.3 Å². The van der Waals surface area contributed by atoms with Gasteiger partial charge in [-0.3, -0.25) is 14.5 Å². The Bertz CT molecular complexity index is 1320. The van der Waals surface area contributed by atoms with Crippen molar-refractivity contribution in [3.8, 4) is 0 Å². The number of nitrogens with one attached hydrogen (secondary N) is 2. The van der Waals surface area contributed by atoms with Crippen molar-refractivity contribution >= 4 is 40.7 Å². The monoisotopic (exact) mass is 573 g/mol. The van der Waals surface area contributed by atoms with E-state index in [0.717, 1.165) is 13.1 Å². The summed E-state index contributed by atoms with van der Waals surface area (Å²) >= 11 is 12.5. The van der Waals surface area contributed by atoms with Gasteiger partial charge in [-0.2, -0.15) is 0 Å². The fraction of sp³-hybridized carbons (Fsp3) is 0.467. The van der Waals surface area contributed by atoms with Gasteiger partial charge in [-0.05, 0) is 47.1 Å². The molecule has 1 fully saturated rings. The summed E-state index contributed by atoms with van der Waals surface area (Å²) < 4.78 is 21.2. The molecule has 2 N–H and O–H groups in total. The lowest BCUT2D eigenvalue weighted by Gasteiger charge is -2.39. The van der Waals surface area contributed by atoms with Crippen LogP contribution in [0.4, 0.5) is 10.1 Å². The van der Waals surface area contributed by atoms with Crippen LogP contribution < -0.4 is 10.6 Å². The first-order chi connectivity index (χ1) is 18.5. The van der Waals surface area contributed by atoms with E-state index in [0.29, 0.717) is 54.6 Å². The van der Waals surface area contributed by atoms with E-state index in [4.69, 9.17) is 27.9 Å². The zero-order valence-corrected chi connectivity index (χ0v) is 24.0. The van der Waals surface area contributed by atoms with Gasteiger partial charge in [0.05, 0.1) is 23.7 Å². The molecule has 2 aliphatic heterocycles. The Labute approximate surface area is 238 Å². The third-order valence-electron chi connectivity index (χ3n) is 7.99. The molecule has 2 heterocycles. The summed E-state index contributed by atoms with van der Waals surface area (Å²) in [6.07, 6.45) is 2.50. The van der Waals surface area contributed by atoms with Crippen LogP contribution in [0.3, 0.4) is 0 Å². The van der Waals surface area contributed by atoms with Crippen molar-refractivity contribution in [2.24, 2.45) is 11.3 Å². The number of hydrogen-bond acceptors (Lipinski definition) is 4. The summed E-state index contributed by atoms with van der Waals surface area (Å²) in [5.74, 6) is -2.45. The minimum absolute atomic E-state index is 0.0521. The molecule has 0 radical (unpaired) electrons. The van der Waals surface area contributed by atoms with Crippen LogP contribution >= 0.6 is 23.2 Å². The summed E-state index contributed by atoms with van der Waals surface area (Å²) in [4.78, 5) is 30.2. The van der Waals surface area contributed by atoms with Gasteiger partial charge in [0, 0.05) is 48.4 Å². The Morgan fingerprint density at radius 2 is 1.95 bits per heavy atom. The highest BCUT2D eigenvalue weighted by molar-refractivity contribution is 6.31. The molecule has 1 saturated heterocycles. The largest absolute Gasteiger partial charge is 0.379 e. The lowest BCUT2D eigenvalue weighted by Crippen LogP contribution is -2.46. The quantitative estimate of drug-likeness (QED) is 0.475. The number of ether oxygens (including phenoxy) is 1. The van der Waals surface area contributed by atoms with Crippen LogP contribution in [-0.4, -0.2) is 56.1 Å². The lowest BCUT2D eigenvalue weighted by atomic mass is 9.61. The van der Waals surface area contributed by atoms with Crippen molar-refractivity contribution in [2.45, 2.75) is 38.5 Å². The molecule has 2 aromatic rings. The SMILES string of the molecule is CC(C)(C)C[C@@H]1C=C(C(=O)NCCN2CCOCC2)[C@@H](c2cccc(Cl)c2F)C12C(=O)Nc1cc(Cl)ccc12. The van der Waals surface area contributed by atoms with Gasteiger partial charge in [0.25, 0.3) is 0 Å². The summed E-state index contributed by atoms with van der Waals surface area (Å²) in [5, 5.41) is 6.48. The average molecular weight is 575 g/mol. The van der Waals surface area contributed by atoms with Crippen molar-refractivity contribution in [1.82, 2.24) is 10.2 Å². The van der Waals surface area contributed by atoms with Crippen molar-refractivity contribution in [2.75, 3.05) is 44.7 Å². The number of anilines is 1. The first-order valence-corrected chi connectivity index (χ1v) is 14.1. The molecule has 0 saturated carbocycles. The molecule has 5 rings (SSSR count). The maximum atomic E-state index is 15.8. The molecule has 208 valence electrons. The number of benzene rings is 2. The number of hydrogen-bond donors (Lipinski definition) is 2. The van der Waals surface area contributed by atoms with E-state index in [1.807, 2.05) is 12.1 Å². The maximum Gasteiger partial charge on any atom is 0.247 e. The molecule has 6 nitrogen and oxygen atoms in total. The molecule has 1 aliphatic carbocycles. The summed E-state index contributed by atoms with van der Waals surface area (Å²) in [7, 11) is 0. The summed E-state index contributed by atoms with van der Waals surface area (Å²) in [6.45, 7) is 10.4. The van der Waals surface area contributed by atoms with E-state index in [1.165, 1.54) is 6.07 Å². The summed E-state index contributed by atoms with van der Waals surface area (Å²) in [6, 6.07) is 10.0. The van der Waals surface area contributed by atoms with Crippen molar-refractivity contribution in [3.63, 3.8) is 0 Å². The Hall–Kier alpha value is -2.45. The second-order valence-corrected chi connectivity index (χ2v) is 12.6. The van der Waals surface area contributed by atoms with E-state index < -0.39 is 17.2 Å². The van der Waals surface area contributed by atoms with Crippen LogP contribution in [-0.2, 0) is 19.7 Å². The van der Waals surface area contributed by atoms with E-state index in [9.17, 15) is 9.59 Å². The average Bonchev–Trinajstić information content (AvgIpc) is 3.35. The highest BCUT2D eigenvalue weighted by atomic mass is 35.5. The number of rotatable bonds is 6. The van der Waals surface area contributed by atoms with E-state index in [2.05, 4.69) is 36.3 Å². The Kier molecular flexibility index (Phi) is 7.81. The molecule has 3 aliphatic rings. The number of carbonyl (C=O) groups excluding carboxylic acids is 2. The predicted octanol–water partition coefficient (Wildman–Crippen LogP) is 5.55. The lowest BCUT2D eigenvalue weighted by molar-refractivity contribution is -0.123. The van der Waals surface area contributed by atoms with E-state index in [-0.39, 0.29) is 33.7 Å². The van der Waals surface area contributed by atoms with Crippen LogP contribution in [0.25, 0.3) is 0 Å². The Balaban J connectivity index is 1.61. The van der Waals surface area contributed by atoms with Crippen LogP contribution in [0.15, 0.2) is 48.0 Å². The van der Waals surface area contributed by atoms with Gasteiger partial charge in [-0.15, -0.1) is 0 Å². The first-order valence-electron chi connectivity index (χ1n) is 13.4. The molecule has 2 amide bonds. The molecular weight excluding hydrogens is 540 g/mol. The fourth-order valence-corrected chi connectivity index (χ4v) is 6.74. The third kappa shape index (κ3) is 5.22. The smallest absolute Gasteiger partial charge is 0.247 e. The van der Waals surface area contributed by atoms with Gasteiger partial charge < -0.3 is 15.4 Å². The number of fused-ring (bicyclic) bond motifs is 2. The molecule has 0 bridgehead atoms. The second kappa shape index (κ2) is 10.8.